The third kappa shape index (κ3) is 3.05. The van der Waals surface area contributed by atoms with E-state index < -0.39 is 0 Å². The van der Waals surface area contributed by atoms with Crippen molar-refractivity contribution in [3.8, 4) is 0 Å². The van der Waals surface area contributed by atoms with Gasteiger partial charge in [-0.1, -0.05) is 0 Å². The number of aliphatic hydroxyl groups excluding tert-OH is 1. The van der Waals surface area contributed by atoms with Gasteiger partial charge in [0.25, 0.3) is 5.91 Å². The van der Waals surface area contributed by atoms with Gasteiger partial charge in [-0.2, -0.15) is 0 Å². The third-order valence-corrected chi connectivity index (χ3v) is 2.70. The largest absolute Gasteiger partial charge is 0.396 e. The molecule has 0 aromatic heterocycles. The molecule has 0 spiro atoms. The van der Waals surface area contributed by atoms with Crippen molar-refractivity contribution in [1.29, 1.82) is 0 Å². The summed E-state index contributed by atoms with van der Waals surface area (Å²) >= 11 is 1.57. The Balaban J connectivity index is 2.63. The number of nitrogens with one attached hydrogen (secondary N) is 1. The zero-order valence-corrected chi connectivity index (χ0v) is 8.80. The van der Waals surface area contributed by atoms with Crippen LogP contribution in [0.4, 0.5) is 0 Å². The van der Waals surface area contributed by atoms with Crippen LogP contribution in [-0.4, -0.2) is 30.4 Å². The lowest BCUT2D eigenvalue weighted by molar-refractivity contribution is 0.0963. The number of hydrogen-bond donors (Lipinski definition) is 2. The van der Waals surface area contributed by atoms with Crippen molar-refractivity contribution in [2.24, 2.45) is 0 Å². The quantitative estimate of drug-likeness (QED) is 0.734. The van der Waals surface area contributed by atoms with Crippen molar-refractivity contribution in [1.82, 2.24) is 5.32 Å². The number of hydrogen-bond acceptors (Lipinski definition) is 3. The first kappa shape index (κ1) is 11.1. The van der Waals surface area contributed by atoms with Crippen molar-refractivity contribution in [2.75, 3.05) is 19.4 Å². The smallest absolute Gasteiger partial charge is 0.251 e. The highest BCUT2D eigenvalue weighted by Crippen LogP contribution is 2.17. The minimum absolute atomic E-state index is 0.0799. The molecule has 0 unspecified atom stereocenters. The van der Waals surface area contributed by atoms with Crippen LogP contribution in [0.15, 0.2) is 29.2 Å². The Kier molecular flexibility index (Phi) is 4.49. The predicted octanol–water partition coefficient (Wildman–Crippen LogP) is 1.13. The monoisotopic (exact) mass is 211 g/mol. The van der Waals surface area contributed by atoms with E-state index in [-0.39, 0.29) is 12.5 Å². The van der Waals surface area contributed by atoms with Crippen LogP contribution in [0.3, 0.4) is 0 Å². The van der Waals surface area contributed by atoms with Crippen LogP contribution in [0, 0.1) is 0 Å². The second kappa shape index (κ2) is 5.67. The van der Waals surface area contributed by atoms with Crippen LogP contribution in [-0.2, 0) is 0 Å². The summed E-state index contributed by atoms with van der Waals surface area (Å²) in [6.45, 7) is 0.169. The fourth-order valence-electron chi connectivity index (χ4n) is 1.01. The summed E-state index contributed by atoms with van der Waals surface area (Å²) in [6.07, 6.45) is 0. The molecule has 1 amide bonds. The molecule has 0 aliphatic rings. The van der Waals surface area contributed by atoms with Gasteiger partial charge in [-0.15, -0.1) is 11.8 Å². The average molecular weight is 211 g/mol. The van der Waals surface area contributed by atoms with Crippen LogP contribution < -0.4 is 5.32 Å². The molecule has 0 bridgehead atoms. The van der Waals surface area contributed by atoms with E-state index in [4.69, 9.17) is 5.11 Å². The molecular formula is C10H13NO2S. The van der Waals surface area contributed by atoms with Gasteiger partial charge in [0.1, 0.15) is 0 Å². The van der Waals surface area contributed by atoms with E-state index in [1.165, 1.54) is 0 Å². The molecule has 1 aromatic carbocycles. The summed E-state index contributed by atoms with van der Waals surface area (Å²) < 4.78 is 0. The number of carbonyl (C=O) groups excluding carboxylic acids is 1. The third-order valence-electron chi connectivity index (χ3n) is 1.70. The maximum Gasteiger partial charge on any atom is 0.251 e. The topological polar surface area (TPSA) is 49.3 Å². The van der Waals surface area contributed by atoms with Crippen molar-refractivity contribution in [2.45, 2.75) is 4.90 Å². The summed E-state index contributed by atoms with van der Waals surface area (Å²) in [5.41, 5.74) is 0.654. The molecule has 1 rings (SSSR count). The molecule has 1 aromatic rings. The standard InChI is InChI=1S/C10H13NO2S/c1-11-10(13)8-2-4-9(5-3-8)14-7-6-12/h2-5,12H,6-7H2,1H3,(H,11,13). The lowest BCUT2D eigenvalue weighted by Crippen LogP contribution is -2.17. The second-order valence-corrected chi connectivity index (χ2v) is 3.84. The Labute approximate surface area is 87.5 Å². The zero-order valence-electron chi connectivity index (χ0n) is 7.99. The zero-order chi connectivity index (χ0) is 10.4. The molecule has 3 nitrogen and oxygen atoms in total. The van der Waals surface area contributed by atoms with Gasteiger partial charge in [0.15, 0.2) is 0 Å². The molecule has 76 valence electrons. The highest BCUT2D eigenvalue weighted by Gasteiger charge is 2.01. The Morgan fingerprint density at radius 3 is 2.57 bits per heavy atom. The summed E-state index contributed by atoms with van der Waals surface area (Å²) in [5.74, 6) is 0.600. The average Bonchev–Trinajstić information content (AvgIpc) is 2.26. The van der Waals surface area contributed by atoms with E-state index in [0.717, 1.165) is 4.90 Å². The molecule has 0 atom stereocenters. The summed E-state index contributed by atoms with van der Waals surface area (Å²) in [4.78, 5) is 12.2. The SMILES string of the molecule is CNC(=O)c1ccc(SCCO)cc1. The molecule has 0 saturated carbocycles. The van der Waals surface area contributed by atoms with E-state index in [1.54, 1.807) is 30.9 Å². The van der Waals surface area contributed by atoms with Gasteiger partial charge in [0.2, 0.25) is 0 Å². The first-order valence-corrected chi connectivity index (χ1v) is 5.32. The van der Waals surface area contributed by atoms with Crippen molar-refractivity contribution < 1.29 is 9.90 Å². The first-order chi connectivity index (χ1) is 6.77. The molecule has 4 heteroatoms. The maximum absolute atomic E-state index is 11.2. The summed E-state index contributed by atoms with van der Waals surface area (Å²) in [6, 6.07) is 7.31. The van der Waals surface area contributed by atoms with E-state index >= 15 is 0 Å². The van der Waals surface area contributed by atoms with E-state index in [0.29, 0.717) is 11.3 Å². The van der Waals surface area contributed by atoms with Crippen molar-refractivity contribution >= 4 is 17.7 Å². The lowest BCUT2D eigenvalue weighted by Gasteiger charge is -2.01. The van der Waals surface area contributed by atoms with E-state index in [2.05, 4.69) is 5.32 Å². The maximum atomic E-state index is 11.2. The fraction of sp³-hybridized carbons (Fsp3) is 0.300. The molecule has 0 saturated heterocycles. The van der Waals surface area contributed by atoms with Gasteiger partial charge < -0.3 is 10.4 Å². The van der Waals surface area contributed by atoms with Crippen LogP contribution >= 0.6 is 11.8 Å². The van der Waals surface area contributed by atoms with Crippen molar-refractivity contribution in [3.63, 3.8) is 0 Å². The molecule has 0 radical (unpaired) electrons. The summed E-state index contributed by atoms with van der Waals surface area (Å²) in [7, 11) is 1.61. The highest BCUT2D eigenvalue weighted by atomic mass is 32.2. The molecule has 0 fully saturated rings. The van der Waals surface area contributed by atoms with Crippen molar-refractivity contribution in [3.05, 3.63) is 29.8 Å². The molecular weight excluding hydrogens is 198 g/mol. The fourth-order valence-corrected chi connectivity index (χ4v) is 1.67. The molecule has 2 N–H and O–H groups in total. The molecule has 0 aliphatic heterocycles. The number of aliphatic hydroxyl groups is 1. The minimum Gasteiger partial charge on any atom is -0.396 e. The summed E-state index contributed by atoms with van der Waals surface area (Å²) in [5, 5.41) is 11.2. The van der Waals surface area contributed by atoms with Crippen LogP contribution in [0.25, 0.3) is 0 Å². The van der Waals surface area contributed by atoms with Gasteiger partial charge >= 0.3 is 0 Å². The van der Waals surface area contributed by atoms with Crippen LogP contribution in [0.5, 0.6) is 0 Å². The predicted molar refractivity (Wildman–Crippen MR) is 57.6 cm³/mol. The number of carbonyl (C=O) groups is 1. The van der Waals surface area contributed by atoms with Gasteiger partial charge in [0, 0.05) is 23.3 Å². The molecule has 0 aliphatic carbocycles. The number of rotatable bonds is 4. The second-order valence-electron chi connectivity index (χ2n) is 2.68. The highest BCUT2D eigenvalue weighted by molar-refractivity contribution is 7.99. The van der Waals surface area contributed by atoms with Crippen LogP contribution in [0.2, 0.25) is 0 Å². The Hall–Kier alpha value is -1.00. The Bertz CT molecular complexity index is 297. The number of benzene rings is 1. The lowest BCUT2D eigenvalue weighted by atomic mass is 10.2. The van der Waals surface area contributed by atoms with Gasteiger partial charge in [-0.05, 0) is 24.3 Å². The molecule has 0 heterocycles. The number of thioether (sulfide) groups is 1. The molecule has 14 heavy (non-hydrogen) atoms. The normalized spacial score (nSPS) is 9.86. The van der Waals surface area contributed by atoms with Gasteiger partial charge in [0.05, 0.1) is 6.61 Å². The number of amides is 1. The van der Waals surface area contributed by atoms with E-state index in [1.807, 2.05) is 12.1 Å². The van der Waals surface area contributed by atoms with Crippen LogP contribution in [0.1, 0.15) is 10.4 Å². The van der Waals surface area contributed by atoms with Gasteiger partial charge in [-0.25, -0.2) is 0 Å². The van der Waals surface area contributed by atoms with Gasteiger partial charge in [-0.3, -0.25) is 4.79 Å². The Morgan fingerprint density at radius 1 is 1.43 bits per heavy atom. The van der Waals surface area contributed by atoms with E-state index in [9.17, 15) is 4.79 Å². The Morgan fingerprint density at radius 2 is 2.07 bits per heavy atom. The minimum atomic E-state index is -0.0799. The first-order valence-electron chi connectivity index (χ1n) is 4.33.